The van der Waals surface area contributed by atoms with Crippen LogP contribution in [0.4, 0.5) is 4.39 Å². The summed E-state index contributed by atoms with van der Waals surface area (Å²) >= 11 is 11.5. The number of fused-ring (bicyclic) bond motifs is 1. The molecule has 2 aromatic rings. The van der Waals surface area contributed by atoms with Crippen LogP contribution in [0.5, 0.6) is 11.5 Å². The van der Waals surface area contributed by atoms with Gasteiger partial charge < -0.3 is 9.47 Å². The first-order chi connectivity index (χ1) is 8.08. The van der Waals surface area contributed by atoms with Gasteiger partial charge in [0, 0.05) is 12.1 Å². The van der Waals surface area contributed by atoms with Crippen LogP contribution in [0.15, 0.2) is 12.1 Å². The number of ether oxygens (including phenoxy) is 2. The Morgan fingerprint density at radius 3 is 2.47 bits per heavy atom. The maximum absolute atomic E-state index is 13.5. The molecule has 1 heterocycles. The van der Waals surface area contributed by atoms with Gasteiger partial charge in [-0.15, -0.1) is 0 Å². The number of nitrogens with zero attached hydrogens (tertiary/aromatic N) is 1. The standard InChI is InChI=1S/C11H8Cl2FNO2/c1-16-5-3-6-8(7(4-5)17-2)9(12)10(14)11(13)15-6/h3-4H,1-2H3. The van der Waals surface area contributed by atoms with E-state index in [-0.39, 0.29) is 10.2 Å². The van der Waals surface area contributed by atoms with Crippen LogP contribution in [0.25, 0.3) is 10.9 Å². The highest BCUT2D eigenvalue weighted by atomic mass is 35.5. The molecule has 0 aliphatic heterocycles. The lowest BCUT2D eigenvalue weighted by Gasteiger charge is -2.10. The third-order valence-electron chi connectivity index (χ3n) is 2.32. The first-order valence-corrected chi connectivity index (χ1v) is 5.40. The lowest BCUT2D eigenvalue weighted by Crippen LogP contribution is -1.94. The van der Waals surface area contributed by atoms with E-state index in [4.69, 9.17) is 32.7 Å². The largest absolute Gasteiger partial charge is 0.497 e. The van der Waals surface area contributed by atoms with Crippen LogP contribution < -0.4 is 9.47 Å². The molecule has 0 atom stereocenters. The van der Waals surface area contributed by atoms with Gasteiger partial charge in [0.2, 0.25) is 0 Å². The lowest BCUT2D eigenvalue weighted by atomic mass is 10.2. The summed E-state index contributed by atoms with van der Waals surface area (Å²) < 4.78 is 23.8. The minimum Gasteiger partial charge on any atom is -0.497 e. The van der Waals surface area contributed by atoms with E-state index >= 15 is 0 Å². The molecule has 6 heteroatoms. The van der Waals surface area contributed by atoms with Crippen molar-refractivity contribution < 1.29 is 13.9 Å². The number of methoxy groups -OCH3 is 2. The predicted octanol–water partition coefficient (Wildman–Crippen LogP) is 3.70. The smallest absolute Gasteiger partial charge is 0.179 e. The van der Waals surface area contributed by atoms with Crippen LogP contribution >= 0.6 is 23.2 Å². The van der Waals surface area contributed by atoms with E-state index in [1.54, 1.807) is 12.1 Å². The van der Waals surface area contributed by atoms with Gasteiger partial charge in [0.25, 0.3) is 0 Å². The Morgan fingerprint density at radius 2 is 1.88 bits per heavy atom. The molecule has 2 rings (SSSR count). The minimum absolute atomic E-state index is 0.112. The van der Waals surface area contributed by atoms with Crippen LogP contribution in [-0.4, -0.2) is 19.2 Å². The van der Waals surface area contributed by atoms with Gasteiger partial charge in [0.15, 0.2) is 11.0 Å². The van der Waals surface area contributed by atoms with Crippen LogP contribution in [0.2, 0.25) is 10.2 Å². The summed E-state index contributed by atoms with van der Waals surface area (Å²) in [7, 11) is 2.96. The molecule has 0 radical (unpaired) electrons. The van der Waals surface area contributed by atoms with E-state index in [2.05, 4.69) is 4.98 Å². The summed E-state index contributed by atoms with van der Waals surface area (Å²) in [6.45, 7) is 0. The van der Waals surface area contributed by atoms with E-state index in [9.17, 15) is 4.39 Å². The molecule has 0 aliphatic carbocycles. The van der Waals surface area contributed by atoms with Crippen molar-refractivity contribution in [2.75, 3.05) is 14.2 Å². The van der Waals surface area contributed by atoms with Gasteiger partial charge in [-0.25, -0.2) is 9.37 Å². The number of pyridine rings is 1. The van der Waals surface area contributed by atoms with Crippen molar-refractivity contribution in [2.45, 2.75) is 0 Å². The number of hydrogen-bond acceptors (Lipinski definition) is 3. The fourth-order valence-corrected chi connectivity index (χ4v) is 2.03. The lowest BCUT2D eigenvalue weighted by molar-refractivity contribution is 0.397. The van der Waals surface area contributed by atoms with Crippen molar-refractivity contribution in [1.82, 2.24) is 4.98 Å². The summed E-state index contributed by atoms with van der Waals surface area (Å²) in [6.07, 6.45) is 0. The Balaban J connectivity index is 2.89. The topological polar surface area (TPSA) is 31.4 Å². The van der Waals surface area contributed by atoms with Crippen molar-refractivity contribution in [3.63, 3.8) is 0 Å². The monoisotopic (exact) mass is 275 g/mol. The number of benzene rings is 1. The molecule has 90 valence electrons. The van der Waals surface area contributed by atoms with Crippen molar-refractivity contribution in [3.05, 3.63) is 28.1 Å². The van der Waals surface area contributed by atoms with Crippen molar-refractivity contribution in [1.29, 1.82) is 0 Å². The molecule has 0 unspecified atom stereocenters. The molecule has 1 aromatic heterocycles. The molecule has 0 amide bonds. The molecule has 1 aromatic carbocycles. The average Bonchev–Trinajstić information content (AvgIpc) is 2.34. The first kappa shape index (κ1) is 12.2. The van der Waals surface area contributed by atoms with Gasteiger partial charge in [-0.3, -0.25) is 0 Å². The third-order valence-corrected chi connectivity index (χ3v) is 2.93. The summed E-state index contributed by atoms with van der Waals surface area (Å²) in [4.78, 5) is 3.90. The normalized spacial score (nSPS) is 10.6. The second kappa shape index (κ2) is 4.55. The van der Waals surface area contributed by atoms with Gasteiger partial charge >= 0.3 is 0 Å². The zero-order valence-corrected chi connectivity index (χ0v) is 10.6. The van der Waals surface area contributed by atoms with Crippen LogP contribution in [0.3, 0.4) is 0 Å². The summed E-state index contributed by atoms with van der Waals surface area (Å²) in [5, 5.41) is -0.0193. The van der Waals surface area contributed by atoms with Crippen LogP contribution in [0, 0.1) is 5.82 Å². The van der Waals surface area contributed by atoms with E-state index in [1.807, 2.05) is 0 Å². The summed E-state index contributed by atoms with van der Waals surface area (Å²) in [6, 6.07) is 3.21. The predicted molar refractivity (Wildman–Crippen MR) is 64.8 cm³/mol. The van der Waals surface area contributed by atoms with E-state index in [1.165, 1.54) is 14.2 Å². The van der Waals surface area contributed by atoms with Gasteiger partial charge in [-0.2, -0.15) is 0 Å². The average molecular weight is 276 g/mol. The molecule has 0 aliphatic rings. The van der Waals surface area contributed by atoms with Gasteiger partial charge in [-0.05, 0) is 0 Å². The highest BCUT2D eigenvalue weighted by Crippen LogP contribution is 2.38. The summed E-state index contributed by atoms with van der Waals surface area (Å²) in [5.41, 5.74) is 0.414. The first-order valence-electron chi connectivity index (χ1n) is 4.64. The Kier molecular flexibility index (Phi) is 3.26. The van der Waals surface area contributed by atoms with Crippen LogP contribution in [-0.2, 0) is 0 Å². The van der Waals surface area contributed by atoms with E-state index in [0.29, 0.717) is 22.4 Å². The van der Waals surface area contributed by atoms with E-state index < -0.39 is 5.82 Å². The quantitative estimate of drug-likeness (QED) is 0.784. The second-order valence-corrected chi connectivity index (χ2v) is 3.99. The number of halogens is 3. The number of rotatable bonds is 2. The Hall–Kier alpha value is -1.26. The number of aromatic nitrogens is 1. The Labute approximate surface area is 107 Å². The van der Waals surface area contributed by atoms with Crippen molar-refractivity contribution in [2.24, 2.45) is 0 Å². The maximum Gasteiger partial charge on any atom is 0.179 e. The molecule has 0 bridgehead atoms. The SMILES string of the molecule is COc1cc(OC)c2c(Cl)c(F)c(Cl)nc2c1. The minimum atomic E-state index is -0.760. The fraction of sp³-hybridized carbons (Fsp3) is 0.182. The van der Waals surface area contributed by atoms with Crippen LogP contribution in [0.1, 0.15) is 0 Å². The molecule has 0 spiro atoms. The van der Waals surface area contributed by atoms with Gasteiger partial charge in [0.05, 0.1) is 30.1 Å². The number of hydrogen-bond donors (Lipinski definition) is 0. The Morgan fingerprint density at radius 1 is 1.18 bits per heavy atom. The Bertz CT molecular complexity index is 589. The van der Waals surface area contributed by atoms with Gasteiger partial charge in [-0.1, -0.05) is 23.2 Å². The summed E-state index contributed by atoms with van der Waals surface area (Å²) in [5.74, 6) is 0.150. The molecule has 3 nitrogen and oxygen atoms in total. The maximum atomic E-state index is 13.5. The molecule has 0 saturated carbocycles. The third kappa shape index (κ3) is 1.98. The van der Waals surface area contributed by atoms with Gasteiger partial charge in [0.1, 0.15) is 11.5 Å². The molecule has 0 fully saturated rings. The zero-order valence-electron chi connectivity index (χ0n) is 9.05. The van der Waals surface area contributed by atoms with E-state index in [0.717, 1.165) is 0 Å². The second-order valence-electron chi connectivity index (χ2n) is 3.25. The molecule has 0 saturated heterocycles. The fourth-order valence-electron chi connectivity index (χ4n) is 1.52. The highest BCUT2D eigenvalue weighted by molar-refractivity contribution is 6.38. The molecular weight excluding hydrogens is 268 g/mol. The van der Waals surface area contributed by atoms with Crippen molar-refractivity contribution in [3.8, 4) is 11.5 Å². The van der Waals surface area contributed by atoms with Crippen molar-refractivity contribution >= 4 is 34.1 Å². The molecule has 17 heavy (non-hydrogen) atoms. The molecular formula is C11H8Cl2FNO2. The zero-order chi connectivity index (χ0) is 12.6. The molecule has 0 N–H and O–H groups in total. The highest BCUT2D eigenvalue weighted by Gasteiger charge is 2.17.